The lowest BCUT2D eigenvalue weighted by atomic mass is 9.94. The normalized spacial score (nSPS) is 12.0. The van der Waals surface area contributed by atoms with Gasteiger partial charge in [0.15, 0.2) is 0 Å². The van der Waals surface area contributed by atoms with Gasteiger partial charge in [0.25, 0.3) is 0 Å². The number of hydrogen-bond acceptors (Lipinski definition) is 2. The summed E-state index contributed by atoms with van der Waals surface area (Å²) in [7, 11) is 0. The van der Waals surface area contributed by atoms with Gasteiger partial charge < -0.3 is 0 Å². The van der Waals surface area contributed by atoms with Gasteiger partial charge in [-0.15, -0.1) is 22.7 Å². The summed E-state index contributed by atoms with van der Waals surface area (Å²) < 4.78 is 5.65. The maximum Gasteiger partial charge on any atom is 0.0548 e. The average Bonchev–Trinajstić information content (AvgIpc) is 3.73. The summed E-state index contributed by atoms with van der Waals surface area (Å²) in [5, 5.41) is 8.28. The summed E-state index contributed by atoms with van der Waals surface area (Å²) in [5.41, 5.74) is 8.25. The first-order valence-electron chi connectivity index (χ1n) is 20.1. The van der Waals surface area contributed by atoms with Gasteiger partial charge in [0.2, 0.25) is 0 Å². The standard InChI is InChI=1S/C50H52S2/c1-3-5-7-9-11-13-19-35-25-29-37(30-26-35)43-33-45-47(41-23-17-15-21-39(41)43)49-50(51-45)48-42-24-18-16-22-40(42)44(34-46(48)52-49)38-31-27-36(28-32-38)20-14-12-10-8-6-4-2/h15-18,21-34H,3-14,19-20H2,1-2H3. The molecule has 0 atom stereocenters. The number of benzene rings is 6. The number of aryl methyl sites for hydroxylation is 2. The number of thiophene rings is 2. The lowest BCUT2D eigenvalue weighted by Crippen LogP contribution is -1.88. The van der Waals surface area contributed by atoms with E-state index in [-0.39, 0.29) is 0 Å². The molecule has 6 aromatic carbocycles. The number of unbranched alkanes of at least 4 members (excludes halogenated alkanes) is 10. The molecule has 2 heteroatoms. The van der Waals surface area contributed by atoms with Crippen molar-refractivity contribution >= 4 is 73.8 Å². The number of rotatable bonds is 16. The Morgan fingerprint density at radius 1 is 0.385 bits per heavy atom. The predicted molar refractivity (Wildman–Crippen MR) is 235 cm³/mol. The van der Waals surface area contributed by atoms with Crippen LogP contribution in [-0.2, 0) is 12.8 Å². The van der Waals surface area contributed by atoms with Gasteiger partial charge >= 0.3 is 0 Å². The number of fused-ring (bicyclic) bond motifs is 9. The van der Waals surface area contributed by atoms with Crippen LogP contribution in [0.25, 0.3) is 73.4 Å². The van der Waals surface area contributed by atoms with E-state index in [1.165, 1.54) is 174 Å². The fourth-order valence-electron chi connectivity index (χ4n) is 8.37. The van der Waals surface area contributed by atoms with Crippen LogP contribution in [0, 0.1) is 0 Å². The zero-order chi connectivity index (χ0) is 35.3. The highest BCUT2D eigenvalue weighted by molar-refractivity contribution is 7.37. The second-order valence-electron chi connectivity index (χ2n) is 15.0. The van der Waals surface area contributed by atoms with Gasteiger partial charge in [-0.1, -0.05) is 175 Å². The third-order valence-corrected chi connectivity index (χ3v) is 13.7. The van der Waals surface area contributed by atoms with Crippen molar-refractivity contribution < 1.29 is 0 Å². The monoisotopic (exact) mass is 716 g/mol. The molecule has 0 amide bonds. The molecule has 2 aromatic heterocycles. The van der Waals surface area contributed by atoms with Crippen LogP contribution in [-0.4, -0.2) is 0 Å². The molecule has 0 N–H and O–H groups in total. The molecule has 0 saturated heterocycles. The smallest absolute Gasteiger partial charge is 0.0548 e. The van der Waals surface area contributed by atoms with Crippen molar-refractivity contribution in [3.05, 3.63) is 120 Å². The van der Waals surface area contributed by atoms with Crippen LogP contribution in [0.4, 0.5) is 0 Å². The first-order chi connectivity index (χ1) is 25.7. The summed E-state index contributed by atoms with van der Waals surface area (Å²) in [6.45, 7) is 4.58. The lowest BCUT2D eigenvalue weighted by molar-refractivity contribution is 0.607. The van der Waals surface area contributed by atoms with Crippen molar-refractivity contribution in [3.8, 4) is 22.3 Å². The molecule has 52 heavy (non-hydrogen) atoms. The molecule has 0 unspecified atom stereocenters. The molecule has 0 saturated carbocycles. The predicted octanol–water partition coefficient (Wildman–Crippen LogP) is 16.7. The molecule has 8 rings (SSSR count). The Labute approximate surface area is 318 Å². The fourth-order valence-corrected chi connectivity index (χ4v) is 11.2. The summed E-state index contributed by atoms with van der Waals surface area (Å²) in [4.78, 5) is 0. The van der Waals surface area contributed by atoms with Gasteiger partial charge in [-0.25, -0.2) is 0 Å². The topological polar surface area (TPSA) is 0 Å². The molecular weight excluding hydrogens is 665 g/mol. The minimum Gasteiger partial charge on any atom is -0.134 e. The van der Waals surface area contributed by atoms with E-state index >= 15 is 0 Å². The van der Waals surface area contributed by atoms with Gasteiger partial charge in [-0.2, -0.15) is 0 Å². The molecule has 0 spiro atoms. The third kappa shape index (κ3) is 7.17. The molecule has 0 aliphatic heterocycles. The van der Waals surface area contributed by atoms with E-state index in [2.05, 4.69) is 123 Å². The van der Waals surface area contributed by atoms with Crippen LogP contribution in [0.15, 0.2) is 109 Å². The molecule has 8 aromatic rings. The van der Waals surface area contributed by atoms with Crippen molar-refractivity contribution in [1.82, 2.24) is 0 Å². The maximum absolute atomic E-state index is 2.48. The Hall–Kier alpha value is -3.98. The van der Waals surface area contributed by atoms with Crippen LogP contribution < -0.4 is 0 Å². The quantitative estimate of drug-likeness (QED) is 0.0874. The Morgan fingerprint density at radius 2 is 0.750 bits per heavy atom. The van der Waals surface area contributed by atoms with E-state index in [9.17, 15) is 0 Å². The molecule has 0 aliphatic rings. The van der Waals surface area contributed by atoms with Gasteiger partial charge in [0.1, 0.15) is 0 Å². The van der Waals surface area contributed by atoms with Crippen molar-refractivity contribution in [1.29, 1.82) is 0 Å². The minimum atomic E-state index is 1.18. The fraction of sp³-hybridized carbons (Fsp3) is 0.320. The van der Waals surface area contributed by atoms with Gasteiger partial charge in [-0.3, -0.25) is 0 Å². The number of hydrogen-bond donors (Lipinski definition) is 0. The molecule has 0 nitrogen and oxygen atoms in total. The van der Waals surface area contributed by atoms with Gasteiger partial charge in [0, 0.05) is 20.2 Å². The Kier molecular flexibility index (Phi) is 11.0. The highest BCUT2D eigenvalue weighted by atomic mass is 32.1. The SMILES string of the molecule is CCCCCCCCc1ccc(-c2cc3sc4c(sc5cc(-c6ccc(CCCCCCCC)cc6)c6ccccc6c54)c3c3ccccc23)cc1. The molecular formula is C50H52S2. The molecule has 0 radical (unpaired) electrons. The van der Waals surface area contributed by atoms with E-state index in [0.29, 0.717) is 0 Å². The zero-order valence-electron chi connectivity index (χ0n) is 31.1. The zero-order valence-corrected chi connectivity index (χ0v) is 32.7. The van der Waals surface area contributed by atoms with Crippen LogP contribution in [0.5, 0.6) is 0 Å². The molecule has 0 fully saturated rings. The van der Waals surface area contributed by atoms with Crippen molar-refractivity contribution in [2.45, 2.75) is 104 Å². The molecule has 0 aliphatic carbocycles. The Balaban J connectivity index is 1.13. The van der Waals surface area contributed by atoms with E-state index in [1.807, 2.05) is 22.7 Å². The second-order valence-corrected chi connectivity index (χ2v) is 17.1. The van der Waals surface area contributed by atoms with Crippen LogP contribution in [0.2, 0.25) is 0 Å². The second kappa shape index (κ2) is 16.4. The first kappa shape index (κ1) is 35.1. The lowest BCUT2D eigenvalue weighted by Gasteiger charge is -2.11. The van der Waals surface area contributed by atoms with Crippen molar-refractivity contribution in [3.63, 3.8) is 0 Å². The van der Waals surface area contributed by atoms with Crippen LogP contribution in [0.1, 0.15) is 102 Å². The van der Waals surface area contributed by atoms with E-state index in [0.717, 1.165) is 0 Å². The van der Waals surface area contributed by atoms with Crippen LogP contribution in [0.3, 0.4) is 0 Å². The largest absolute Gasteiger partial charge is 0.134 e. The summed E-state index contributed by atoms with van der Waals surface area (Å²) in [6.07, 6.45) is 18.5. The third-order valence-electron chi connectivity index (χ3n) is 11.3. The van der Waals surface area contributed by atoms with Gasteiger partial charge in [-0.05, 0) is 92.7 Å². The summed E-state index contributed by atoms with van der Waals surface area (Å²) in [5.74, 6) is 0. The van der Waals surface area contributed by atoms with E-state index in [4.69, 9.17) is 0 Å². The maximum atomic E-state index is 2.48. The summed E-state index contributed by atoms with van der Waals surface area (Å²) in [6, 6.07) is 42.1. The molecule has 264 valence electrons. The van der Waals surface area contributed by atoms with E-state index in [1.54, 1.807) is 0 Å². The van der Waals surface area contributed by atoms with Crippen molar-refractivity contribution in [2.24, 2.45) is 0 Å². The Bertz CT molecular complexity index is 2250. The first-order valence-corrected chi connectivity index (χ1v) is 21.8. The molecule has 2 heterocycles. The molecule has 0 bridgehead atoms. The highest BCUT2D eigenvalue weighted by Crippen LogP contribution is 2.51. The average molecular weight is 717 g/mol. The minimum absolute atomic E-state index is 1.18. The van der Waals surface area contributed by atoms with Crippen LogP contribution >= 0.6 is 22.7 Å². The van der Waals surface area contributed by atoms with Crippen molar-refractivity contribution in [2.75, 3.05) is 0 Å². The van der Waals surface area contributed by atoms with Gasteiger partial charge in [0.05, 0.1) is 9.40 Å². The highest BCUT2D eigenvalue weighted by Gasteiger charge is 2.20. The summed E-state index contributed by atoms with van der Waals surface area (Å²) >= 11 is 3.97. The Morgan fingerprint density at radius 3 is 1.15 bits per heavy atom. The van der Waals surface area contributed by atoms with E-state index < -0.39 is 0 Å².